The molecule has 0 aliphatic carbocycles. The number of hydrogen-bond acceptors (Lipinski definition) is 1. The molecule has 1 aromatic rings. The van der Waals surface area contributed by atoms with Gasteiger partial charge in [-0.05, 0) is 0 Å². The van der Waals surface area contributed by atoms with Gasteiger partial charge in [0.15, 0.2) is 17.5 Å². The molecule has 0 aliphatic rings. The average Bonchev–Trinajstić information content (AvgIpc) is 2.14. The van der Waals surface area contributed by atoms with E-state index >= 15 is 0 Å². The highest BCUT2D eigenvalue weighted by molar-refractivity contribution is 5.46. The molecule has 0 unspecified atom stereocenters. The Hall–Kier alpha value is -1.59. The highest BCUT2D eigenvalue weighted by atomic mass is 19.2. The van der Waals surface area contributed by atoms with Gasteiger partial charge in [-0.2, -0.15) is 0 Å². The Morgan fingerprint density at radius 2 is 1.79 bits per heavy atom. The largest absolute Gasteiger partial charge is 0.354 e. The predicted octanol–water partition coefficient (Wildman–Crippen LogP) is 1.49. The molecule has 0 saturated heterocycles. The van der Waals surface area contributed by atoms with Crippen molar-refractivity contribution in [3.63, 3.8) is 0 Å². The predicted molar refractivity (Wildman–Crippen MR) is 39.2 cm³/mol. The van der Waals surface area contributed by atoms with E-state index in [1.54, 1.807) is 0 Å². The van der Waals surface area contributed by atoms with Crippen LogP contribution in [0.15, 0.2) is 6.07 Å². The van der Waals surface area contributed by atoms with Crippen LogP contribution in [-0.4, -0.2) is 6.41 Å². The van der Waals surface area contributed by atoms with Gasteiger partial charge in [-0.25, -0.2) is 17.6 Å². The van der Waals surface area contributed by atoms with Gasteiger partial charge in [0, 0.05) is 18.2 Å². The molecule has 0 atom stereocenters. The van der Waals surface area contributed by atoms with Crippen LogP contribution in [0.2, 0.25) is 0 Å². The number of nitrogens with one attached hydrogen (secondary N) is 1. The summed E-state index contributed by atoms with van der Waals surface area (Å²) in [5.74, 6) is -6.23. The highest BCUT2D eigenvalue weighted by Gasteiger charge is 2.18. The third-order valence-corrected chi connectivity index (χ3v) is 1.57. The molecule has 1 aromatic carbocycles. The molecule has 1 N–H and O–H groups in total. The molecule has 0 aromatic heterocycles. The minimum Gasteiger partial charge on any atom is -0.354 e. The van der Waals surface area contributed by atoms with Crippen LogP contribution in [0.5, 0.6) is 0 Å². The fourth-order valence-electron chi connectivity index (χ4n) is 0.910. The molecule has 0 saturated carbocycles. The van der Waals surface area contributed by atoms with Crippen LogP contribution >= 0.6 is 0 Å². The van der Waals surface area contributed by atoms with Gasteiger partial charge in [-0.1, -0.05) is 0 Å². The molecule has 0 radical (unpaired) electrons. The van der Waals surface area contributed by atoms with Crippen molar-refractivity contribution in [2.45, 2.75) is 6.54 Å². The monoisotopic (exact) mass is 207 g/mol. The van der Waals surface area contributed by atoms with Crippen molar-refractivity contribution in [2.24, 2.45) is 0 Å². The molecule has 0 heterocycles. The van der Waals surface area contributed by atoms with Crippen LogP contribution in [0, 0.1) is 23.3 Å². The van der Waals surface area contributed by atoms with Gasteiger partial charge in [0.05, 0.1) is 0 Å². The van der Waals surface area contributed by atoms with Crippen LogP contribution < -0.4 is 5.32 Å². The number of carbonyl (C=O) groups is 1. The second-order valence-corrected chi connectivity index (χ2v) is 2.45. The average molecular weight is 207 g/mol. The summed E-state index contributed by atoms with van der Waals surface area (Å²) in [5, 5.41) is 1.94. The van der Waals surface area contributed by atoms with Crippen LogP contribution in [0.1, 0.15) is 5.56 Å². The Bertz CT molecular complexity index is 367. The van der Waals surface area contributed by atoms with Gasteiger partial charge < -0.3 is 5.32 Å². The number of benzene rings is 1. The molecular formula is C8H5F4NO. The first-order valence-corrected chi connectivity index (χ1v) is 3.56. The van der Waals surface area contributed by atoms with Gasteiger partial charge in [0.1, 0.15) is 5.82 Å². The van der Waals surface area contributed by atoms with Crippen molar-refractivity contribution in [1.82, 2.24) is 5.32 Å². The molecule has 76 valence electrons. The normalized spacial score (nSPS) is 10.0. The number of rotatable bonds is 3. The molecule has 6 heteroatoms. The van der Waals surface area contributed by atoms with Crippen LogP contribution in [0.3, 0.4) is 0 Å². The fraction of sp³-hybridized carbons (Fsp3) is 0.125. The molecule has 1 rings (SSSR count). The van der Waals surface area contributed by atoms with E-state index in [1.165, 1.54) is 0 Å². The maximum absolute atomic E-state index is 12.8. The maximum atomic E-state index is 12.8. The molecule has 14 heavy (non-hydrogen) atoms. The van der Waals surface area contributed by atoms with E-state index in [4.69, 9.17) is 0 Å². The van der Waals surface area contributed by atoms with Gasteiger partial charge >= 0.3 is 0 Å². The van der Waals surface area contributed by atoms with Crippen molar-refractivity contribution < 1.29 is 22.4 Å². The zero-order valence-electron chi connectivity index (χ0n) is 6.78. The topological polar surface area (TPSA) is 29.1 Å². The first-order chi connectivity index (χ1) is 6.57. The first-order valence-electron chi connectivity index (χ1n) is 3.56. The zero-order valence-corrected chi connectivity index (χ0v) is 6.78. The molecule has 0 spiro atoms. The lowest BCUT2D eigenvalue weighted by molar-refractivity contribution is -0.109. The standard InChI is InChI=1S/C8H5F4NO/c9-5-1-6(10)8(12)7(11)4(5)2-13-3-14/h1,3H,2H2,(H,13,14). The fourth-order valence-corrected chi connectivity index (χ4v) is 0.910. The van der Waals surface area contributed by atoms with E-state index in [2.05, 4.69) is 0 Å². The lowest BCUT2D eigenvalue weighted by Gasteiger charge is -2.05. The Morgan fingerprint density at radius 1 is 1.14 bits per heavy atom. The van der Waals surface area contributed by atoms with Gasteiger partial charge in [-0.15, -0.1) is 0 Å². The summed E-state index contributed by atoms with van der Waals surface area (Å²) in [4.78, 5) is 9.83. The first kappa shape index (κ1) is 10.5. The van der Waals surface area contributed by atoms with Crippen molar-refractivity contribution in [3.8, 4) is 0 Å². The second kappa shape index (κ2) is 4.08. The summed E-state index contributed by atoms with van der Waals surface area (Å²) in [6.45, 7) is -0.529. The van der Waals surface area contributed by atoms with E-state index in [1.807, 2.05) is 5.32 Å². The van der Waals surface area contributed by atoms with Crippen molar-refractivity contribution in [2.75, 3.05) is 0 Å². The lowest BCUT2D eigenvalue weighted by Crippen LogP contribution is -2.14. The van der Waals surface area contributed by atoms with Crippen molar-refractivity contribution >= 4 is 6.41 Å². The van der Waals surface area contributed by atoms with Gasteiger partial charge in [-0.3, -0.25) is 4.79 Å². The molecule has 0 fully saturated rings. The molecule has 0 aliphatic heterocycles. The SMILES string of the molecule is O=CNCc1c(F)cc(F)c(F)c1F. The van der Waals surface area contributed by atoms with Gasteiger partial charge in [0.2, 0.25) is 6.41 Å². The van der Waals surface area contributed by atoms with E-state index in [9.17, 15) is 22.4 Å². The number of hydrogen-bond donors (Lipinski definition) is 1. The lowest BCUT2D eigenvalue weighted by atomic mass is 10.2. The molecule has 1 amide bonds. The van der Waals surface area contributed by atoms with Crippen molar-refractivity contribution in [1.29, 1.82) is 0 Å². The summed E-state index contributed by atoms with van der Waals surface area (Å²) >= 11 is 0. The summed E-state index contributed by atoms with van der Waals surface area (Å²) in [5.41, 5.74) is -0.712. The van der Waals surface area contributed by atoms with E-state index < -0.39 is 35.4 Å². The minimum atomic E-state index is -1.76. The minimum absolute atomic E-state index is 0.195. The Morgan fingerprint density at radius 3 is 2.36 bits per heavy atom. The Labute approximate surface area is 76.5 Å². The molecular weight excluding hydrogens is 202 g/mol. The molecule has 0 bridgehead atoms. The maximum Gasteiger partial charge on any atom is 0.207 e. The molecule has 2 nitrogen and oxygen atoms in total. The van der Waals surface area contributed by atoms with E-state index in [0.29, 0.717) is 0 Å². The van der Waals surface area contributed by atoms with E-state index in [-0.39, 0.29) is 12.5 Å². The van der Waals surface area contributed by atoms with Crippen LogP contribution in [-0.2, 0) is 11.3 Å². The zero-order chi connectivity index (χ0) is 10.7. The highest BCUT2D eigenvalue weighted by Crippen LogP contribution is 2.18. The van der Waals surface area contributed by atoms with E-state index in [0.717, 1.165) is 0 Å². The smallest absolute Gasteiger partial charge is 0.207 e. The second-order valence-electron chi connectivity index (χ2n) is 2.45. The summed E-state index contributed by atoms with van der Waals surface area (Å²) < 4.78 is 50.6. The van der Waals surface area contributed by atoms with Crippen LogP contribution in [0.4, 0.5) is 17.6 Å². The quantitative estimate of drug-likeness (QED) is 0.346. The van der Waals surface area contributed by atoms with Crippen LogP contribution in [0.25, 0.3) is 0 Å². The number of halogens is 4. The number of amides is 1. The third-order valence-electron chi connectivity index (χ3n) is 1.57. The third kappa shape index (κ3) is 1.84. The summed E-state index contributed by atoms with van der Waals surface area (Å²) in [6, 6.07) is 0.222. The summed E-state index contributed by atoms with van der Waals surface area (Å²) in [7, 11) is 0. The van der Waals surface area contributed by atoms with Crippen molar-refractivity contribution in [3.05, 3.63) is 34.9 Å². The number of carbonyl (C=O) groups excluding carboxylic acids is 1. The Balaban J connectivity index is 3.15. The summed E-state index contributed by atoms with van der Waals surface area (Å²) in [6.07, 6.45) is 0.195. The van der Waals surface area contributed by atoms with Gasteiger partial charge in [0.25, 0.3) is 0 Å². The Kier molecular flexibility index (Phi) is 3.06.